The molecule has 0 spiro atoms. The van der Waals surface area contributed by atoms with E-state index in [0.717, 1.165) is 30.6 Å². The van der Waals surface area contributed by atoms with E-state index in [2.05, 4.69) is 24.0 Å². The summed E-state index contributed by atoms with van der Waals surface area (Å²) >= 11 is 0. The minimum absolute atomic E-state index is 0.0506. The molecule has 0 bridgehead atoms. The number of amides is 2. The largest absolute Gasteiger partial charge is 0.407 e. The second kappa shape index (κ2) is 10.3. The van der Waals surface area contributed by atoms with Gasteiger partial charge in [0.05, 0.1) is 0 Å². The number of imide groups is 1. The molecule has 2 heterocycles. The Labute approximate surface area is 150 Å². The fourth-order valence-electron chi connectivity index (χ4n) is 3.30. The Bertz CT molecular complexity index is 528. The van der Waals surface area contributed by atoms with Crippen LogP contribution >= 0.6 is 0 Å². The number of nitrogens with zero attached hydrogens (tertiary/aromatic N) is 3. The van der Waals surface area contributed by atoms with E-state index >= 15 is 0 Å². The first-order valence-electron chi connectivity index (χ1n) is 9.86. The molecule has 1 aliphatic heterocycles. The second-order valence-corrected chi connectivity index (χ2v) is 6.94. The van der Waals surface area contributed by atoms with Gasteiger partial charge in [0, 0.05) is 18.8 Å². The van der Waals surface area contributed by atoms with Crippen LogP contribution in [0.25, 0.3) is 0 Å². The molecular weight excluding hydrogens is 318 g/mol. The van der Waals surface area contributed by atoms with E-state index in [1.165, 1.54) is 38.5 Å². The summed E-state index contributed by atoms with van der Waals surface area (Å²) in [7, 11) is 0. The van der Waals surface area contributed by atoms with Crippen LogP contribution in [-0.2, 0) is 9.59 Å². The summed E-state index contributed by atoms with van der Waals surface area (Å²) in [5, 5.41) is 8.14. The van der Waals surface area contributed by atoms with Gasteiger partial charge in [0.25, 0.3) is 0 Å². The molecule has 2 rings (SSSR count). The van der Waals surface area contributed by atoms with E-state index in [0.29, 0.717) is 5.89 Å². The van der Waals surface area contributed by atoms with Crippen molar-refractivity contribution >= 4 is 17.8 Å². The summed E-state index contributed by atoms with van der Waals surface area (Å²) in [6, 6.07) is 0.0506. The molecule has 0 aromatic carbocycles. The summed E-state index contributed by atoms with van der Waals surface area (Å²) in [6.45, 7) is 4.41. The molecule has 1 aromatic rings. The molecule has 0 saturated carbocycles. The zero-order chi connectivity index (χ0) is 18.1. The molecular formula is C19H31N3O3. The van der Waals surface area contributed by atoms with Crippen LogP contribution in [0.3, 0.4) is 0 Å². The van der Waals surface area contributed by atoms with Crippen molar-refractivity contribution in [2.45, 2.75) is 96.8 Å². The predicted molar refractivity (Wildman–Crippen MR) is 96.3 cm³/mol. The molecule has 0 N–H and O–H groups in total. The van der Waals surface area contributed by atoms with E-state index in [1.807, 2.05) is 0 Å². The van der Waals surface area contributed by atoms with Crippen molar-refractivity contribution in [2.24, 2.45) is 0 Å². The molecule has 6 heteroatoms. The van der Waals surface area contributed by atoms with Gasteiger partial charge in [0.15, 0.2) is 0 Å². The van der Waals surface area contributed by atoms with Crippen molar-refractivity contribution in [2.75, 3.05) is 4.90 Å². The third kappa shape index (κ3) is 5.65. The van der Waals surface area contributed by atoms with Crippen molar-refractivity contribution < 1.29 is 14.0 Å². The second-order valence-electron chi connectivity index (χ2n) is 6.94. The number of anilines is 1. The van der Waals surface area contributed by atoms with Gasteiger partial charge < -0.3 is 4.42 Å². The maximum atomic E-state index is 11.8. The van der Waals surface area contributed by atoms with E-state index in [9.17, 15) is 9.59 Å². The molecule has 140 valence electrons. The fraction of sp³-hybridized carbons (Fsp3) is 0.789. The topological polar surface area (TPSA) is 76.3 Å². The van der Waals surface area contributed by atoms with Gasteiger partial charge in [-0.15, -0.1) is 5.10 Å². The lowest BCUT2D eigenvalue weighted by molar-refractivity contribution is -0.121. The van der Waals surface area contributed by atoms with Crippen LogP contribution in [-0.4, -0.2) is 22.0 Å². The Morgan fingerprint density at radius 3 is 1.96 bits per heavy atom. The highest BCUT2D eigenvalue weighted by molar-refractivity contribution is 6.18. The zero-order valence-corrected chi connectivity index (χ0v) is 15.6. The zero-order valence-electron chi connectivity index (χ0n) is 15.6. The predicted octanol–water partition coefficient (Wildman–Crippen LogP) is 4.75. The number of aromatic nitrogens is 2. The van der Waals surface area contributed by atoms with E-state index in [-0.39, 0.29) is 36.6 Å². The van der Waals surface area contributed by atoms with Crippen LogP contribution in [0, 0.1) is 0 Å². The van der Waals surface area contributed by atoms with Crippen molar-refractivity contribution in [1.29, 1.82) is 0 Å². The van der Waals surface area contributed by atoms with Gasteiger partial charge in [-0.25, -0.2) is 4.90 Å². The minimum Gasteiger partial charge on any atom is -0.407 e. The van der Waals surface area contributed by atoms with E-state index in [1.54, 1.807) is 0 Å². The standard InChI is InChI=1S/C19H31N3O3/c1-3-5-7-9-11-15(12-10-8-6-4-2)18-20-21-19(25-18)22-16(23)13-14-17(22)24/h15H,3-14H2,1-2H3. The summed E-state index contributed by atoms with van der Waals surface area (Å²) < 4.78 is 5.75. The van der Waals surface area contributed by atoms with Gasteiger partial charge in [-0.2, -0.15) is 0 Å². The highest BCUT2D eigenvalue weighted by Crippen LogP contribution is 2.30. The lowest BCUT2D eigenvalue weighted by atomic mass is 9.94. The lowest BCUT2D eigenvalue weighted by Crippen LogP contribution is -2.28. The minimum atomic E-state index is -0.248. The molecule has 1 aliphatic rings. The fourth-order valence-corrected chi connectivity index (χ4v) is 3.30. The number of carbonyl (C=O) groups excluding carboxylic acids is 2. The number of carbonyl (C=O) groups is 2. The first-order valence-corrected chi connectivity index (χ1v) is 9.86. The maximum absolute atomic E-state index is 11.8. The average molecular weight is 349 g/mol. The molecule has 1 saturated heterocycles. The highest BCUT2D eigenvalue weighted by atomic mass is 16.4. The number of hydrogen-bond donors (Lipinski definition) is 0. The summed E-state index contributed by atoms with van der Waals surface area (Å²) in [5.74, 6) is 0.309. The number of unbranched alkanes of at least 4 members (excludes halogenated alkanes) is 6. The molecule has 1 fully saturated rings. The molecule has 6 nitrogen and oxygen atoms in total. The molecule has 2 amide bonds. The molecule has 0 aliphatic carbocycles. The number of rotatable bonds is 12. The van der Waals surface area contributed by atoms with Gasteiger partial charge in [-0.05, 0) is 12.8 Å². The number of hydrogen-bond acceptors (Lipinski definition) is 5. The van der Waals surface area contributed by atoms with Crippen LogP contribution in [0.4, 0.5) is 6.01 Å². The average Bonchev–Trinajstić information content (AvgIpc) is 3.20. The molecule has 0 atom stereocenters. The highest BCUT2D eigenvalue weighted by Gasteiger charge is 2.34. The molecule has 0 radical (unpaired) electrons. The normalized spacial score (nSPS) is 14.9. The molecule has 1 aromatic heterocycles. The maximum Gasteiger partial charge on any atom is 0.332 e. The first kappa shape index (κ1) is 19.6. The van der Waals surface area contributed by atoms with E-state index in [4.69, 9.17) is 4.42 Å². The summed E-state index contributed by atoms with van der Waals surface area (Å²) in [6.07, 6.45) is 12.1. The third-order valence-electron chi connectivity index (χ3n) is 4.83. The van der Waals surface area contributed by atoms with Crippen LogP contribution in [0.2, 0.25) is 0 Å². The van der Waals surface area contributed by atoms with Crippen LogP contribution in [0.15, 0.2) is 4.42 Å². The monoisotopic (exact) mass is 349 g/mol. The Balaban J connectivity index is 1.99. The van der Waals surface area contributed by atoms with Gasteiger partial charge in [0.2, 0.25) is 17.7 Å². The first-order chi connectivity index (χ1) is 12.2. The van der Waals surface area contributed by atoms with Gasteiger partial charge in [-0.1, -0.05) is 70.3 Å². The Kier molecular flexibility index (Phi) is 8.09. The smallest absolute Gasteiger partial charge is 0.332 e. The SMILES string of the molecule is CCCCCCC(CCCCCC)c1nnc(N2C(=O)CCC2=O)o1. The summed E-state index contributed by atoms with van der Waals surface area (Å²) in [4.78, 5) is 24.7. The third-order valence-corrected chi connectivity index (χ3v) is 4.83. The molecule has 0 unspecified atom stereocenters. The molecule has 25 heavy (non-hydrogen) atoms. The van der Waals surface area contributed by atoms with Crippen LogP contribution in [0.1, 0.15) is 103 Å². The Morgan fingerprint density at radius 2 is 1.44 bits per heavy atom. The van der Waals surface area contributed by atoms with Crippen LogP contribution < -0.4 is 4.90 Å². The quantitative estimate of drug-likeness (QED) is 0.402. The summed E-state index contributed by atoms with van der Waals surface area (Å²) in [5.41, 5.74) is 0. The van der Waals surface area contributed by atoms with Crippen molar-refractivity contribution in [3.63, 3.8) is 0 Å². The van der Waals surface area contributed by atoms with Gasteiger partial charge in [-0.3, -0.25) is 9.59 Å². The van der Waals surface area contributed by atoms with Crippen molar-refractivity contribution in [1.82, 2.24) is 10.2 Å². The van der Waals surface area contributed by atoms with Gasteiger partial charge in [0.1, 0.15) is 0 Å². The van der Waals surface area contributed by atoms with Crippen LogP contribution in [0.5, 0.6) is 0 Å². The van der Waals surface area contributed by atoms with Crippen molar-refractivity contribution in [3.05, 3.63) is 5.89 Å². The Hall–Kier alpha value is -1.72. The van der Waals surface area contributed by atoms with Gasteiger partial charge >= 0.3 is 6.01 Å². The lowest BCUT2D eigenvalue weighted by Gasteiger charge is -2.13. The Morgan fingerprint density at radius 1 is 0.880 bits per heavy atom. The van der Waals surface area contributed by atoms with Crippen molar-refractivity contribution in [3.8, 4) is 0 Å². The van der Waals surface area contributed by atoms with E-state index < -0.39 is 0 Å².